The van der Waals surface area contributed by atoms with E-state index in [4.69, 9.17) is 5.11 Å². The summed E-state index contributed by atoms with van der Waals surface area (Å²) in [6.07, 6.45) is 2.25. The standard InChI is InChI=1S/C12H22N2O3/c1-7(2)9(10(15)16)13-11(17)14-12(3,4)8-5-6-8/h7-9H,5-6H2,1-4H3,(H,15,16)(H2,13,14,17)/t9-/m0/s1. The zero-order chi connectivity index (χ0) is 13.2. The van der Waals surface area contributed by atoms with Crippen molar-refractivity contribution in [3.05, 3.63) is 0 Å². The number of hydrogen-bond acceptors (Lipinski definition) is 2. The molecule has 1 saturated carbocycles. The molecule has 0 saturated heterocycles. The van der Waals surface area contributed by atoms with Crippen molar-refractivity contribution in [2.24, 2.45) is 11.8 Å². The SMILES string of the molecule is CC(C)[C@H](NC(=O)NC(C)(C)C1CC1)C(=O)O. The number of hydrogen-bond donors (Lipinski definition) is 3. The molecule has 0 aromatic heterocycles. The molecule has 98 valence electrons. The fourth-order valence-electron chi connectivity index (χ4n) is 1.89. The largest absolute Gasteiger partial charge is 0.480 e. The molecule has 0 unspecified atom stereocenters. The number of carboxylic acid groups (broad SMARTS) is 1. The van der Waals surface area contributed by atoms with Gasteiger partial charge in [-0.3, -0.25) is 0 Å². The van der Waals surface area contributed by atoms with Crippen molar-refractivity contribution in [1.82, 2.24) is 10.6 Å². The van der Waals surface area contributed by atoms with Crippen molar-refractivity contribution in [3.63, 3.8) is 0 Å². The van der Waals surface area contributed by atoms with Crippen LogP contribution in [0.4, 0.5) is 4.79 Å². The highest BCUT2D eigenvalue weighted by Crippen LogP contribution is 2.39. The smallest absolute Gasteiger partial charge is 0.326 e. The van der Waals surface area contributed by atoms with E-state index < -0.39 is 18.0 Å². The summed E-state index contributed by atoms with van der Waals surface area (Å²) in [6.45, 7) is 7.47. The van der Waals surface area contributed by atoms with E-state index in [2.05, 4.69) is 10.6 Å². The number of carbonyl (C=O) groups excluding carboxylic acids is 1. The lowest BCUT2D eigenvalue weighted by atomic mass is 9.99. The van der Waals surface area contributed by atoms with Crippen molar-refractivity contribution in [2.45, 2.75) is 52.1 Å². The normalized spacial score (nSPS) is 17.7. The maximum absolute atomic E-state index is 11.7. The summed E-state index contributed by atoms with van der Waals surface area (Å²) >= 11 is 0. The molecule has 0 radical (unpaired) electrons. The predicted octanol–water partition coefficient (Wildman–Crippen LogP) is 1.58. The number of amides is 2. The molecule has 2 amide bonds. The molecule has 1 rings (SSSR count). The van der Waals surface area contributed by atoms with Crippen molar-refractivity contribution in [1.29, 1.82) is 0 Å². The third-order valence-corrected chi connectivity index (χ3v) is 3.25. The van der Waals surface area contributed by atoms with Gasteiger partial charge in [0.15, 0.2) is 0 Å². The van der Waals surface area contributed by atoms with Crippen molar-refractivity contribution in [2.75, 3.05) is 0 Å². The molecule has 5 nitrogen and oxygen atoms in total. The fourth-order valence-corrected chi connectivity index (χ4v) is 1.89. The second-order valence-electron chi connectivity index (χ2n) is 5.65. The second-order valence-corrected chi connectivity index (χ2v) is 5.65. The van der Waals surface area contributed by atoms with Crippen LogP contribution in [0, 0.1) is 11.8 Å². The topological polar surface area (TPSA) is 78.4 Å². The van der Waals surface area contributed by atoms with Crippen LogP contribution in [0.15, 0.2) is 0 Å². The highest BCUT2D eigenvalue weighted by molar-refractivity contribution is 5.83. The number of carboxylic acids is 1. The van der Waals surface area contributed by atoms with Crippen LogP contribution >= 0.6 is 0 Å². The Balaban J connectivity index is 2.50. The van der Waals surface area contributed by atoms with Gasteiger partial charge in [-0.25, -0.2) is 9.59 Å². The molecule has 0 bridgehead atoms. The average molecular weight is 242 g/mol. The first-order valence-electron chi connectivity index (χ1n) is 6.05. The van der Waals surface area contributed by atoms with Gasteiger partial charge in [-0.05, 0) is 38.5 Å². The minimum atomic E-state index is -1.00. The molecule has 0 spiro atoms. The van der Waals surface area contributed by atoms with Crippen LogP contribution in [0.2, 0.25) is 0 Å². The van der Waals surface area contributed by atoms with Crippen LogP contribution < -0.4 is 10.6 Å². The van der Waals surface area contributed by atoms with Gasteiger partial charge in [0.1, 0.15) is 6.04 Å². The second kappa shape index (κ2) is 4.94. The molecule has 1 aliphatic rings. The van der Waals surface area contributed by atoms with Crippen LogP contribution in [0.1, 0.15) is 40.5 Å². The first kappa shape index (κ1) is 13.8. The summed E-state index contributed by atoms with van der Waals surface area (Å²) in [6, 6.07) is -1.24. The lowest BCUT2D eigenvalue weighted by Gasteiger charge is -2.28. The van der Waals surface area contributed by atoms with E-state index in [0.29, 0.717) is 5.92 Å². The summed E-state index contributed by atoms with van der Waals surface area (Å²) in [7, 11) is 0. The lowest BCUT2D eigenvalue weighted by Crippen LogP contribution is -2.54. The van der Waals surface area contributed by atoms with E-state index in [-0.39, 0.29) is 11.5 Å². The van der Waals surface area contributed by atoms with Gasteiger partial charge in [0.05, 0.1) is 0 Å². The first-order valence-corrected chi connectivity index (χ1v) is 6.05. The van der Waals surface area contributed by atoms with Crippen LogP contribution in [0.3, 0.4) is 0 Å². The Morgan fingerprint density at radius 1 is 1.29 bits per heavy atom. The van der Waals surface area contributed by atoms with Crippen LogP contribution in [-0.2, 0) is 4.79 Å². The molecule has 17 heavy (non-hydrogen) atoms. The van der Waals surface area contributed by atoms with Gasteiger partial charge in [0, 0.05) is 5.54 Å². The van der Waals surface area contributed by atoms with Gasteiger partial charge in [0.25, 0.3) is 0 Å². The summed E-state index contributed by atoms with van der Waals surface area (Å²) < 4.78 is 0. The molecule has 3 N–H and O–H groups in total. The zero-order valence-corrected chi connectivity index (χ0v) is 10.9. The first-order chi connectivity index (χ1) is 7.74. The number of aliphatic carboxylic acids is 1. The number of urea groups is 1. The van der Waals surface area contributed by atoms with E-state index in [1.54, 1.807) is 13.8 Å². The van der Waals surface area contributed by atoms with E-state index in [1.165, 1.54) is 0 Å². The molecule has 5 heteroatoms. The molecule has 0 aromatic rings. The van der Waals surface area contributed by atoms with Crippen LogP contribution in [-0.4, -0.2) is 28.7 Å². The fraction of sp³-hybridized carbons (Fsp3) is 0.833. The molecule has 0 aliphatic heterocycles. The molecule has 1 atom stereocenters. The summed E-state index contributed by atoms with van der Waals surface area (Å²) in [5.74, 6) is -0.628. The zero-order valence-electron chi connectivity index (χ0n) is 10.9. The van der Waals surface area contributed by atoms with Crippen molar-refractivity contribution < 1.29 is 14.7 Å². The molecule has 0 heterocycles. The van der Waals surface area contributed by atoms with E-state index in [9.17, 15) is 9.59 Å². The van der Waals surface area contributed by atoms with E-state index in [1.807, 2.05) is 13.8 Å². The van der Waals surface area contributed by atoms with Crippen molar-refractivity contribution in [3.8, 4) is 0 Å². The molecule has 0 aromatic carbocycles. The third-order valence-electron chi connectivity index (χ3n) is 3.25. The lowest BCUT2D eigenvalue weighted by molar-refractivity contribution is -0.140. The Kier molecular flexibility index (Phi) is 4.01. The predicted molar refractivity (Wildman–Crippen MR) is 64.7 cm³/mol. The van der Waals surface area contributed by atoms with E-state index in [0.717, 1.165) is 12.8 Å². The van der Waals surface area contributed by atoms with Gasteiger partial charge in [0.2, 0.25) is 0 Å². The molecular formula is C12H22N2O3. The Labute approximate surface area is 102 Å². The van der Waals surface area contributed by atoms with Gasteiger partial charge >= 0.3 is 12.0 Å². The molecular weight excluding hydrogens is 220 g/mol. The van der Waals surface area contributed by atoms with E-state index >= 15 is 0 Å². The van der Waals surface area contributed by atoms with Gasteiger partial charge in [-0.2, -0.15) is 0 Å². The van der Waals surface area contributed by atoms with Gasteiger partial charge in [-0.15, -0.1) is 0 Å². The van der Waals surface area contributed by atoms with Gasteiger partial charge in [-0.1, -0.05) is 13.8 Å². The van der Waals surface area contributed by atoms with Crippen molar-refractivity contribution >= 4 is 12.0 Å². The van der Waals surface area contributed by atoms with Gasteiger partial charge < -0.3 is 15.7 Å². The molecule has 1 aliphatic carbocycles. The Hall–Kier alpha value is -1.26. The average Bonchev–Trinajstić information content (AvgIpc) is 2.95. The summed E-state index contributed by atoms with van der Waals surface area (Å²) in [5, 5.41) is 14.3. The maximum Gasteiger partial charge on any atom is 0.326 e. The van der Waals surface area contributed by atoms with Crippen LogP contribution in [0.25, 0.3) is 0 Å². The highest BCUT2D eigenvalue weighted by Gasteiger charge is 2.39. The number of rotatable bonds is 5. The maximum atomic E-state index is 11.7. The van der Waals surface area contributed by atoms with Crippen LogP contribution in [0.5, 0.6) is 0 Å². The Morgan fingerprint density at radius 2 is 1.82 bits per heavy atom. The monoisotopic (exact) mass is 242 g/mol. The number of nitrogens with one attached hydrogen (secondary N) is 2. The Morgan fingerprint density at radius 3 is 2.18 bits per heavy atom. The highest BCUT2D eigenvalue weighted by atomic mass is 16.4. The summed E-state index contributed by atoms with van der Waals surface area (Å²) in [4.78, 5) is 22.7. The third kappa shape index (κ3) is 3.91. The number of carbonyl (C=O) groups is 2. The quantitative estimate of drug-likeness (QED) is 0.685. The summed E-state index contributed by atoms with van der Waals surface area (Å²) in [5.41, 5.74) is -0.260. The minimum absolute atomic E-state index is 0.137. The molecule has 1 fully saturated rings. The minimum Gasteiger partial charge on any atom is -0.480 e. The Bertz CT molecular complexity index is 309.